The summed E-state index contributed by atoms with van der Waals surface area (Å²) in [5, 5.41) is 0. The van der Waals surface area contributed by atoms with Crippen molar-refractivity contribution >= 4 is 17.6 Å². The SMILES string of the molecule is CCCn1c(N)c(C(=O)COC(=O)c2cc(C)ccc2OC)c(=O)[nH]c1=O. The molecule has 0 fully saturated rings. The van der Waals surface area contributed by atoms with Crippen LogP contribution in [-0.4, -0.2) is 35.0 Å². The van der Waals surface area contributed by atoms with Crippen LogP contribution in [0.4, 0.5) is 5.82 Å². The van der Waals surface area contributed by atoms with E-state index in [2.05, 4.69) is 0 Å². The zero-order chi connectivity index (χ0) is 20.1. The second kappa shape index (κ2) is 8.35. The quantitative estimate of drug-likeness (QED) is 0.542. The molecule has 144 valence electrons. The molecule has 0 amide bonds. The Bertz CT molecular complexity index is 990. The number of rotatable bonds is 7. The first-order valence-corrected chi connectivity index (χ1v) is 8.27. The number of hydrogen-bond acceptors (Lipinski definition) is 7. The maximum Gasteiger partial charge on any atom is 0.342 e. The second-order valence-corrected chi connectivity index (χ2v) is 5.87. The van der Waals surface area contributed by atoms with Crippen LogP contribution in [0.2, 0.25) is 0 Å². The Balaban J connectivity index is 2.25. The molecule has 0 spiro atoms. The number of anilines is 1. The number of benzene rings is 1. The fraction of sp³-hybridized carbons (Fsp3) is 0.333. The number of Topliss-reactive ketones (excluding diaryl/α,β-unsaturated/α-hetero) is 1. The smallest absolute Gasteiger partial charge is 0.342 e. The molecule has 0 aliphatic rings. The van der Waals surface area contributed by atoms with Gasteiger partial charge in [0.25, 0.3) is 5.56 Å². The molecule has 0 saturated carbocycles. The van der Waals surface area contributed by atoms with Crippen molar-refractivity contribution in [3.63, 3.8) is 0 Å². The van der Waals surface area contributed by atoms with Crippen LogP contribution < -0.4 is 21.7 Å². The lowest BCUT2D eigenvalue weighted by atomic mass is 10.1. The molecule has 1 heterocycles. The van der Waals surface area contributed by atoms with Crippen molar-refractivity contribution in [3.05, 3.63) is 55.7 Å². The zero-order valence-corrected chi connectivity index (χ0v) is 15.3. The van der Waals surface area contributed by atoms with Crippen LogP contribution in [0.15, 0.2) is 27.8 Å². The van der Waals surface area contributed by atoms with Crippen molar-refractivity contribution in [2.24, 2.45) is 0 Å². The summed E-state index contributed by atoms with van der Waals surface area (Å²) in [6.07, 6.45) is 0.575. The van der Waals surface area contributed by atoms with Crippen LogP contribution in [0.25, 0.3) is 0 Å². The number of ketones is 1. The maximum atomic E-state index is 12.4. The Kier molecular flexibility index (Phi) is 6.17. The molecule has 0 aliphatic heterocycles. The van der Waals surface area contributed by atoms with Crippen molar-refractivity contribution in [2.45, 2.75) is 26.8 Å². The second-order valence-electron chi connectivity index (χ2n) is 5.87. The summed E-state index contributed by atoms with van der Waals surface area (Å²) >= 11 is 0. The highest BCUT2D eigenvalue weighted by Gasteiger charge is 2.22. The van der Waals surface area contributed by atoms with Crippen molar-refractivity contribution < 1.29 is 19.1 Å². The van der Waals surface area contributed by atoms with Crippen molar-refractivity contribution in [3.8, 4) is 5.75 Å². The molecule has 1 aromatic heterocycles. The highest BCUT2D eigenvalue weighted by molar-refractivity contribution is 6.02. The minimum atomic E-state index is -0.918. The number of nitrogen functional groups attached to an aromatic ring is 1. The number of ether oxygens (including phenoxy) is 2. The number of aromatic amines is 1. The van der Waals surface area contributed by atoms with Gasteiger partial charge in [-0.2, -0.15) is 0 Å². The topological polar surface area (TPSA) is 133 Å². The predicted molar refractivity (Wildman–Crippen MR) is 98.4 cm³/mol. The summed E-state index contributed by atoms with van der Waals surface area (Å²) in [7, 11) is 1.41. The Morgan fingerprint density at radius 1 is 1.26 bits per heavy atom. The highest BCUT2D eigenvalue weighted by Crippen LogP contribution is 2.20. The van der Waals surface area contributed by atoms with Gasteiger partial charge >= 0.3 is 11.7 Å². The minimum absolute atomic E-state index is 0.156. The van der Waals surface area contributed by atoms with Gasteiger partial charge in [-0.05, 0) is 25.5 Å². The molecule has 2 aromatic rings. The summed E-state index contributed by atoms with van der Waals surface area (Å²) in [5.41, 5.74) is 4.75. The van der Waals surface area contributed by atoms with Crippen LogP contribution in [-0.2, 0) is 11.3 Å². The Morgan fingerprint density at radius 3 is 2.59 bits per heavy atom. The molecule has 0 aliphatic carbocycles. The molecule has 0 bridgehead atoms. The number of hydrogen-bond donors (Lipinski definition) is 2. The van der Waals surface area contributed by atoms with E-state index in [9.17, 15) is 19.2 Å². The van der Waals surface area contributed by atoms with E-state index in [1.165, 1.54) is 7.11 Å². The summed E-state index contributed by atoms with van der Waals surface area (Å²) in [6, 6.07) is 4.93. The number of nitrogens with zero attached hydrogens (tertiary/aromatic N) is 1. The van der Waals surface area contributed by atoms with Gasteiger partial charge < -0.3 is 15.2 Å². The van der Waals surface area contributed by atoms with E-state index in [4.69, 9.17) is 15.2 Å². The van der Waals surface area contributed by atoms with Crippen LogP contribution in [0.3, 0.4) is 0 Å². The average molecular weight is 375 g/mol. The molecule has 0 atom stereocenters. The van der Waals surface area contributed by atoms with E-state index in [0.29, 0.717) is 12.2 Å². The molecule has 0 unspecified atom stereocenters. The number of methoxy groups -OCH3 is 1. The average Bonchev–Trinajstić information content (AvgIpc) is 2.62. The Labute approximate surface area is 154 Å². The normalized spacial score (nSPS) is 10.5. The van der Waals surface area contributed by atoms with Crippen LogP contribution >= 0.6 is 0 Å². The molecule has 27 heavy (non-hydrogen) atoms. The number of esters is 1. The molecular formula is C18H21N3O6. The third-order valence-corrected chi connectivity index (χ3v) is 3.87. The van der Waals surface area contributed by atoms with Gasteiger partial charge in [-0.1, -0.05) is 18.6 Å². The first-order valence-electron chi connectivity index (χ1n) is 8.27. The van der Waals surface area contributed by atoms with E-state index in [-0.39, 0.29) is 17.9 Å². The number of aromatic nitrogens is 2. The highest BCUT2D eigenvalue weighted by atomic mass is 16.5. The molecule has 0 radical (unpaired) electrons. The van der Waals surface area contributed by atoms with Crippen molar-refractivity contribution in [1.29, 1.82) is 0 Å². The third kappa shape index (κ3) is 4.25. The molecule has 0 saturated heterocycles. The van der Waals surface area contributed by atoms with Gasteiger partial charge in [-0.3, -0.25) is 19.1 Å². The van der Waals surface area contributed by atoms with Crippen molar-refractivity contribution in [1.82, 2.24) is 9.55 Å². The number of carbonyl (C=O) groups excluding carboxylic acids is 2. The van der Waals surface area contributed by atoms with E-state index in [0.717, 1.165) is 10.1 Å². The maximum absolute atomic E-state index is 12.4. The van der Waals surface area contributed by atoms with E-state index < -0.39 is 35.2 Å². The largest absolute Gasteiger partial charge is 0.496 e. The number of nitrogens with one attached hydrogen (secondary N) is 1. The van der Waals surface area contributed by atoms with Crippen LogP contribution in [0, 0.1) is 6.92 Å². The number of carbonyl (C=O) groups is 2. The summed E-state index contributed by atoms with van der Waals surface area (Å²) in [5.74, 6) is -1.54. The molecule has 3 N–H and O–H groups in total. The summed E-state index contributed by atoms with van der Waals surface area (Å²) in [6.45, 7) is 3.14. The molecule has 9 heteroatoms. The summed E-state index contributed by atoms with van der Waals surface area (Å²) in [4.78, 5) is 50.5. The molecule has 1 aromatic carbocycles. The van der Waals surface area contributed by atoms with Gasteiger partial charge in [-0.25, -0.2) is 9.59 Å². The first kappa shape index (κ1) is 20.0. The standard InChI is InChI=1S/C18H21N3O6/c1-4-7-21-15(19)14(16(23)20-18(21)25)12(22)9-27-17(24)11-8-10(2)5-6-13(11)26-3/h5-6,8H,4,7,9,19H2,1-3H3,(H,20,23,25). The van der Waals surface area contributed by atoms with Gasteiger partial charge in [0.15, 0.2) is 6.61 Å². The van der Waals surface area contributed by atoms with Gasteiger partial charge in [0.1, 0.15) is 22.7 Å². The van der Waals surface area contributed by atoms with E-state index >= 15 is 0 Å². The van der Waals surface area contributed by atoms with Crippen LogP contribution in [0.1, 0.15) is 39.6 Å². The Hall–Kier alpha value is -3.36. The van der Waals surface area contributed by atoms with E-state index in [1.807, 2.05) is 11.9 Å². The lowest BCUT2D eigenvalue weighted by Gasteiger charge is -2.12. The van der Waals surface area contributed by atoms with Crippen LogP contribution in [0.5, 0.6) is 5.75 Å². The molecule has 9 nitrogen and oxygen atoms in total. The molecular weight excluding hydrogens is 354 g/mol. The zero-order valence-electron chi connectivity index (χ0n) is 15.3. The lowest BCUT2D eigenvalue weighted by molar-refractivity contribution is 0.0471. The summed E-state index contributed by atoms with van der Waals surface area (Å²) < 4.78 is 11.2. The monoisotopic (exact) mass is 375 g/mol. The fourth-order valence-corrected chi connectivity index (χ4v) is 2.57. The number of aryl methyl sites for hydroxylation is 1. The Morgan fingerprint density at radius 2 is 1.96 bits per heavy atom. The van der Waals surface area contributed by atoms with Gasteiger partial charge in [0.2, 0.25) is 5.78 Å². The predicted octanol–water partition coefficient (Wildman–Crippen LogP) is 0.886. The van der Waals surface area contributed by atoms with Gasteiger partial charge in [0, 0.05) is 6.54 Å². The number of nitrogens with two attached hydrogens (primary N) is 1. The third-order valence-electron chi connectivity index (χ3n) is 3.87. The van der Waals surface area contributed by atoms with Gasteiger partial charge in [-0.15, -0.1) is 0 Å². The first-order chi connectivity index (χ1) is 12.8. The van der Waals surface area contributed by atoms with E-state index in [1.54, 1.807) is 25.1 Å². The minimum Gasteiger partial charge on any atom is -0.496 e. The van der Waals surface area contributed by atoms with Crippen molar-refractivity contribution in [2.75, 3.05) is 19.5 Å². The fourth-order valence-electron chi connectivity index (χ4n) is 2.57. The number of H-pyrrole nitrogens is 1. The molecule has 2 rings (SSSR count). The lowest BCUT2D eigenvalue weighted by Crippen LogP contribution is -2.37. The van der Waals surface area contributed by atoms with Gasteiger partial charge in [0.05, 0.1) is 7.11 Å².